The number of aryl methyl sites for hydroxylation is 1. The molecule has 0 aromatic heterocycles. The first-order valence-corrected chi connectivity index (χ1v) is 7.06. The summed E-state index contributed by atoms with van der Waals surface area (Å²) >= 11 is 0. The minimum atomic E-state index is 1.22. The van der Waals surface area contributed by atoms with Crippen molar-refractivity contribution in [2.75, 3.05) is 0 Å². The largest absolute Gasteiger partial charge is 0.0985 e. The molecule has 0 unspecified atom stereocenters. The second-order valence-electron chi connectivity index (χ2n) is 4.75. The Labute approximate surface area is 107 Å². The number of hydrogen-bond donors (Lipinski definition) is 0. The lowest BCUT2D eigenvalue weighted by Gasteiger charge is -2.12. The van der Waals surface area contributed by atoms with Crippen LogP contribution in [0.1, 0.15) is 62.6 Å². The van der Waals surface area contributed by atoms with E-state index in [1.165, 1.54) is 50.5 Å². The summed E-state index contributed by atoms with van der Waals surface area (Å²) in [6.07, 6.45) is 10.9. The minimum Gasteiger partial charge on any atom is -0.0985 e. The standard InChI is InChI=1S/C17H26/c1-4-7-9-14-17-15(6-3)12-10-13-16(17)11-8-5-2/h6,10,12-13H,3-5,7-9,11,14H2,1-2H3. The molecule has 0 saturated carbocycles. The van der Waals surface area contributed by atoms with Crippen molar-refractivity contribution in [3.63, 3.8) is 0 Å². The summed E-state index contributed by atoms with van der Waals surface area (Å²) in [6.45, 7) is 8.46. The van der Waals surface area contributed by atoms with E-state index < -0.39 is 0 Å². The Balaban J connectivity index is 2.82. The normalized spacial score (nSPS) is 10.5. The Bertz CT molecular complexity index is 336. The van der Waals surface area contributed by atoms with E-state index in [0.717, 1.165) is 0 Å². The van der Waals surface area contributed by atoms with Crippen molar-refractivity contribution in [2.24, 2.45) is 0 Å². The van der Waals surface area contributed by atoms with Gasteiger partial charge in [-0.3, -0.25) is 0 Å². The zero-order valence-electron chi connectivity index (χ0n) is 11.5. The molecular weight excluding hydrogens is 204 g/mol. The molecule has 1 rings (SSSR count). The van der Waals surface area contributed by atoms with Crippen LogP contribution in [-0.2, 0) is 12.8 Å². The van der Waals surface area contributed by atoms with Crippen LogP contribution in [0, 0.1) is 0 Å². The molecule has 0 aliphatic rings. The van der Waals surface area contributed by atoms with Crippen LogP contribution in [0.2, 0.25) is 0 Å². The monoisotopic (exact) mass is 230 g/mol. The van der Waals surface area contributed by atoms with Crippen molar-refractivity contribution >= 4 is 6.08 Å². The number of benzene rings is 1. The van der Waals surface area contributed by atoms with E-state index in [2.05, 4.69) is 38.6 Å². The second kappa shape index (κ2) is 8.11. The van der Waals surface area contributed by atoms with E-state index in [-0.39, 0.29) is 0 Å². The number of rotatable bonds is 8. The van der Waals surface area contributed by atoms with Crippen molar-refractivity contribution in [3.05, 3.63) is 41.5 Å². The summed E-state index contributed by atoms with van der Waals surface area (Å²) < 4.78 is 0. The van der Waals surface area contributed by atoms with Gasteiger partial charge < -0.3 is 0 Å². The topological polar surface area (TPSA) is 0 Å². The zero-order valence-corrected chi connectivity index (χ0v) is 11.5. The lowest BCUT2D eigenvalue weighted by atomic mass is 9.93. The van der Waals surface area contributed by atoms with E-state index in [0.29, 0.717) is 0 Å². The van der Waals surface area contributed by atoms with Gasteiger partial charge in [0.1, 0.15) is 0 Å². The van der Waals surface area contributed by atoms with E-state index in [1.807, 2.05) is 6.08 Å². The van der Waals surface area contributed by atoms with Gasteiger partial charge in [-0.25, -0.2) is 0 Å². The van der Waals surface area contributed by atoms with Crippen LogP contribution in [0.5, 0.6) is 0 Å². The molecule has 1 aromatic carbocycles. The summed E-state index contributed by atoms with van der Waals surface area (Å²) in [6, 6.07) is 6.67. The molecule has 17 heavy (non-hydrogen) atoms. The smallest absolute Gasteiger partial charge is 0.0228 e. The molecule has 0 spiro atoms. The maximum absolute atomic E-state index is 3.94. The lowest BCUT2D eigenvalue weighted by molar-refractivity contribution is 0.707. The van der Waals surface area contributed by atoms with Crippen molar-refractivity contribution in [1.29, 1.82) is 0 Å². The minimum absolute atomic E-state index is 1.22. The second-order valence-corrected chi connectivity index (χ2v) is 4.75. The average molecular weight is 230 g/mol. The summed E-state index contributed by atoms with van der Waals surface area (Å²) in [7, 11) is 0. The van der Waals surface area contributed by atoms with E-state index in [1.54, 1.807) is 11.1 Å². The highest BCUT2D eigenvalue weighted by Crippen LogP contribution is 2.21. The molecule has 0 atom stereocenters. The van der Waals surface area contributed by atoms with Gasteiger partial charge in [0.25, 0.3) is 0 Å². The maximum Gasteiger partial charge on any atom is -0.0228 e. The van der Waals surface area contributed by atoms with Crippen molar-refractivity contribution in [3.8, 4) is 0 Å². The van der Waals surface area contributed by atoms with Gasteiger partial charge in [-0.1, -0.05) is 64.0 Å². The molecular formula is C17H26. The Morgan fingerprint density at radius 2 is 1.76 bits per heavy atom. The Kier molecular flexibility index (Phi) is 6.69. The Morgan fingerprint density at radius 1 is 1.00 bits per heavy atom. The Morgan fingerprint density at radius 3 is 2.41 bits per heavy atom. The van der Waals surface area contributed by atoms with Gasteiger partial charge >= 0.3 is 0 Å². The van der Waals surface area contributed by atoms with Gasteiger partial charge in [0.15, 0.2) is 0 Å². The highest BCUT2D eigenvalue weighted by atomic mass is 14.1. The lowest BCUT2D eigenvalue weighted by Crippen LogP contribution is -1.98. The molecule has 0 saturated heterocycles. The van der Waals surface area contributed by atoms with Crippen molar-refractivity contribution in [2.45, 2.75) is 58.8 Å². The first-order chi connectivity index (χ1) is 8.33. The fourth-order valence-electron chi connectivity index (χ4n) is 2.30. The molecule has 0 heterocycles. The van der Waals surface area contributed by atoms with Crippen LogP contribution in [0.4, 0.5) is 0 Å². The molecule has 0 bridgehead atoms. The molecule has 1 aromatic rings. The van der Waals surface area contributed by atoms with Crippen molar-refractivity contribution in [1.82, 2.24) is 0 Å². The first kappa shape index (κ1) is 14.0. The SMILES string of the molecule is C=Cc1cccc(CCCC)c1CCCCC. The average Bonchev–Trinajstić information content (AvgIpc) is 2.37. The van der Waals surface area contributed by atoms with Crippen LogP contribution in [0.25, 0.3) is 6.08 Å². The third-order valence-corrected chi connectivity index (χ3v) is 3.36. The van der Waals surface area contributed by atoms with Gasteiger partial charge in [0.05, 0.1) is 0 Å². The molecule has 94 valence electrons. The molecule has 0 amide bonds. The molecule has 0 aliphatic carbocycles. The molecule has 0 aliphatic heterocycles. The summed E-state index contributed by atoms with van der Waals surface area (Å²) in [5.41, 5.74) is 4.43. The van der Waals surface area contributed by atoms with E-state index in [4.69, 9.17) is 0 Å². The maximum atomic E-state index is 3.94. The van der Waals surface area contributed by atoms with Gasteiger partial charge in [0.2, 0.25) is 0 Å². The van der Waals surface area contributed by atoms with Crippen LogP contribution in [0.15, 0.2) is 24.8 Å². The van der Waals surface area contributed by atoms with Crippen LogP contribution in [0.3, 0.4) is 0 Å². The summed E-state index contributed by atoms with van der Waals surface area (Å²) in [4.78, 5) is 0. The van der Waals surface area contributed by atoms with E-state index >= 15 is 0 Å². The number of unbranched alkanes of at least 4 members (excludes halogenated alkanes) is 3. The molecule has 0 nitrogen and oxygen atoms in total. The number of hydrogen-bond acceptors (Lipinski definition) is 0. The molecule has 0 fully saturated rings. The van der Waals surface area contributed by atoms with Gasteiger partial charge in [-0.05, 0) is 42.4 Å². The van der Waals surface area contributed by atoms with Gasteiger partial charge in [0, 0.05) is 0 Å². The van der Waals surface area contributed by atoms with Gasteiger partial charge in [-0.2, -0.15) is 0 Å². The predicted molar refractivity (Wildman–Crippen MR) is 78.4 cm³/mol. The van der Waals surface area contributed by atoms with Crippen LogP contribution < -0.4 is 0 Å². The zero-order chi connectivity index (χ0) is 12.5. The van der Waals surface area contributed by atoms with Gasteiger partial charge in [-0.15, -0.1) is 0 Å². The quantitative estimate of drug-likeness (QED) is 0.524. The fourth-order valence-corrected chi connectivity index (χ4v) is 2.30. The molecule has 0 heteroatoms. The molecule has 0 radical (unpaired) electrons. The third kappa shape index (κ3) is 4.38. The summed E-state index contributed by atoms with van der Waals surface area (Å²) in [5, 5.41) is 0. The highest BCUT2D eigenvalue weighted by Gasteiger charge is 2.05. The van der Waals surface area contributed by atoms with E-state index in [9.17, 15) is 0 Å². The highest BCUT2D eigenvalue weighted by molar-refractivity contribution is 5.54. The predicted octanol–water partition coefficient (Wildman–Crippen LogP) is 5.40. The fraction of sp³-hybridized carbons (Fsp3) is 0.529. The third-order valence-electron chi connectivity index (χ3n) is 3.36. The van der Waals surface area contributed by atoms with Crippen molar-refractivity contribution < 1.29 is 0 Å². The van der Waals surface area contributed by atoms with Crippen LogP contribution >= 0.6 is 0 Å². The summed E-state index contributed by atoms with van der Waals surface area (Å²) in [5.74, 6) is 0. The molecule has 0 N–H and O–H groups in total. The first-order valence-electron chi connectivity index (χ1n) is 7.06. The Hall–Kier alpha value is -1.04. The van der Waals surface area contributed by atoms with Crippen LogP contribution in [-0.4, -0.2) is 0 Å².